The van der Waals surface area contributed by atoms with Gasteiger partial charge in [-0.3, -0.25) is 0 Å². The van der Waals surface area contributed by atoms with E-state index in [4.69, 9.17) is 5.84 Å². The third kappa shape index (κ3) is 5.61. The Morgan fingerprint density at radius 2 is 1.45 bits per heavy atom. The number of thiazole rings is 2. The summed E-state index contributed by atoms with van der Waals surface area (Å²) in [5, 5.41) is 15.8. The fourth-order valence-electron chi connectivity index (χ4n) is 1.24. The summed E-state index contributed by atoms with van der Waals surface area (Å²) in [7, 11) is 3.93. The van der Waals surface area contributed by atoms with Crippen molar-refractivity contribution in [3.8, 4) is 0 Å². The average Bonchev–Trinajstić information content (AvgIpc) is 2.93. The van der Waals surface area contributed by atoms with Gasteiger partial charge in [0.05, 0.1) is 0 Å². The van der Waals surface area contributed by atoms with Crippen molar-refractivity contribution < 1.29 is 0 Å². The van der Waals surface area contributed by atoms with Crippen LogP contribution in [0.2, 0.25) is 0 Å². The van der Waals surface area contributed by atoms with Crippen LogP contribution in [0.15, 0.2) is 26.1 Å². The van der Waals surface area contributed by atoms with E-state index in [9.17, 15) is 0 Å². The van der Waals surface area contributed by atoms with Crippen molar-refractivity contribution in [1.82, 2.24) is 9.13 Å². The normalized spacial score (nSPS) is 11.5. The Morgan fingerprint density at radius 1 is 1.00 bits per heavy atom. The van der Waals surface area contributed by atoms with Crippen LogP contribution in [0.3, 0.4) is 0 Å². The third-order valence-corrected chi connectivity index (χ3v) is 4.82. The molecule has 0 saturated heterocycles. The summed E-state index contributed by atoms with van der Waals surface area (Å²) in [6.45, 7) is 7.94. The third-order valence-electron chi connectivity index (χ3n) is 2.75. The molecular weight excluding hydrogens is 316 g/mol. The second kappa shape index (κ2) is 9.37. The van der Waals surface area contributed by atoms with Gasteiger partial charge in [0.2, 0.25) is 9.60 Å². The van der Waals surface area contributed by atoms with Gasteiger partial charge in [-0.15, -0.1) is 27.8 Å². The topological polar surface area (TPSA) is 73.0 Å². The van der Waals surface area contributed by atoms with Gasteiger partial charge < -0.3 is 15.0 Å². The van der Waals surface area contributed by atoms with Gasteiger partial charge in [-0.2, -0.15) is 10.2 Å². The maximum absolute atomic E-state index is 5.08. The van der Waals surface area contributed by atoms with E-state index in [1.54, 1.807) is 22.7 Å². The first-order valence-electron chi connectivity index (χ1n) is 6.37. The summed E-state index contributed by atoms with van der Waals surface area (Å²) in [5.74, 6) is 5.08. The van der Waals surface area contributed by atoms with Gasteiger partial charge in [0.15, 0.2) is 0 Å². The molecule has 124 valence electrons. The first-order chi connectivity index (χ1) is 9.86. The zero-order chi connectivity index (χ0) is 16.0. The van der Waals surface area contributed by atoms with Gasteiger partial charge in [0, 0.05) is 42.0 Å². The summed E-state index contributed by atoms with van der Waals surface area (Å²) in [6, 6.07) is 0. The highest BCUT2D eigenvalue weighted by atomic mass is 32.1. The van der Waals surface area contributed by atoms with Crippen LogP contribution in [0.1, 0.15) is 32.7 Å². The minimum Gasteiger partial charge on any atom is -0.323 e. The Labute approximate surface area is 140 Å². The standard InChI is InChI=1S/C8H13N3S.C5H9N3S.CH4/c1-6(2)9-10-8-11(4)7(3)5-12-8;1-4-3-9-5(7-6)8(4)2;/h5H,1-4H3;3H,6H2,1-2H3;1H4/b10-8-;7-5-;. The van der Waals surface area contributed by atoms with Crippen molar-refractivity contribution >= 4 is 28.4 Å². The fourth-order valence-corrected chi connectivity index (χ4v) is 2.87. The molecule has 0 saturated carbocycles. The highest BCUT2D eigenvalue weighted by Gasteiger charge is 1.93. The van der Waals surface area contributed by atoms with Gasteiger partial charge in [0.25, 0.3) is 0 Å². The number of hydrogen-bond donors (Lipinski definition) is 1. The van der Waals surface area contributed by atoms with Crippen molar-refractivity contribution in [3.05, 3.63) is 31.8 Å². The van der Waals surface area contributed by atoms with E-state index in [1.165, 1.54) is 11.4 Å². The molecule has 0 atom stereocenters. The minimum atomic E-state index is 0. The zero-order valence-electron chi connectivity index (χ0n) is 13.3. The molecule has 2 N–H and O–H groups in total. The molecule has 0 radical (unpaired) electrons. The number of nitrogens with zero attached hydrogens (tertiary/aromatic N) is 5. The highest BCUT2D eigenvalue weighted by molar-refractivity contribution is 7.07. The van der Waals surface area contributed by atoms with Crippen LogP contribution < -0.4 is 15.4 Å². The summed E-state index contributed by atoms with van der Waals surface area (Å²) in [5.41, 5.74) is 3.37. The number of aromatic nitrogens is 2. The fraction of sp³-hybridized carbons (Fsp3) is 0.500. The Kier molecular flexibility index (Phi) is 8.66. The van der Waals surface area contributed by atoms with E-state index in [0.717, 1.165) is 15.3 Å². The van der Waals surface area contributed by atoms with Crippen LogP contribution in [0, 0.1) is 13.8 Å². The molecule has 0 amide bonds. The van der Waals surface area contributed by atoms with Crippen molar-refractivity contribution in [2.75, 3.05) is 0 Å². The lowest BCUT2D eigenvalue weighted by atomic mass is 10.5. The van der Waals surface area contributed by atoms with E-state index < -0.39 is 0 Å². The lowest BCUT2D eigenvalue weighted by Gasteiger charge is -1.91. The molecule has 0 spiro atoms. The zero-order valence-corrected chi connectivity index (χ0v) is 14.9. The quantitative estimate of drug-likeness (QED) is 0.483. The Balaban J connectivity index is 0.000000397. The molecule has 0 aliphatic rings. The SMILES string of the molecule is C.CC(C)=N/N=c1\scc(C)n1C.Cc1cs/c(=N\N)n1C. The lowest BCUT2D eigenvalue weighted by Crippen LogP contribution is -2.13. The largest absolute Gasteiger partial charge is 0.323 e. The predicted molar refractivity (Wildman–Crippen MR) is 96.9 cm³/mol. The number of nitrogens with two attached hydrogens (primary N) is 1. The lowest BCUT2D eigenvalue weighted by molar-refractivity contribution is 0.820. The maximum atomic E-state index is 5.08. The van der Waals surface area contributed by atoms with E-state index in [0.29, 0.717) is 0 Å². The van der Waals surface area contributed by atoms with Gasteiger partial charge in [-0.1, -0.05) is 7.43 Å². The van der Waals surface area contributed by atoms with E-state index in [1.807, 2.05) is 49.4 Å². The van der Waals surface area contributed by atoms with Crippen molar-refractivity contribution in [2.45, 2.75) is 35.1 Å². The molecule has 6 nitrogen and oxygen atoms in total. The maximum Gasteiger partial charge on any atom is 0.210 e. The highest BCUT2D eigenvalue weighted by Crippen LogP contribution is 1.96. The molecule has 0 unspecified atom stereocenters. The monoisotopic (exact) mass is 342 g/mol. The molecule has 0 fully saturated rings. The van der Waals surface area contributed by atoms with Crippen LogP contribution in [0.5, 0.6) is 0 Å². The summed E-state index contributed by atoms with van der Waals surface area (Å²) in [4.78, 5) is 1.79. The molecule has 2 aromatic rings. The minimum absolute atomic E-state index is 0. The number of hydrogen-bond acceptors (Lipinski definition) is 6. The van der Waals surface area contributed by atoms with E-state index in [2.05, 4.69) is 27.6 Å². The van der Waals surface area contributed by atoms with Crippen molar-refractivity contribution in [2.24, 2.45) is 35.2 Å². The molecule has 0 aromatic carbocycles. The summed E-state index contributed by atoms with van der Waals surface area (Å²) < 4.78 is 3.97. The summed E-state index contributed by atoms with van der Waals surface area (Å²) in [6.07, 6.45) is 0. The molecular formula is C14H26N6S2. The van der Waals surface area contributed by atoms with Crippen LogP contribution in [0.4, 0.5) is 0 Å². The molecule has 0 aliphatic heterocycles. The van der Waals surface area contributed by atoms with Gasteiger partial charge >= 0.3 is 0 Å². The molecule has 22 heavy (non-hydrogen) atoms. The second-order valence-electron chi connectivity index (χ2n) is 4.71. The number of aryl methyl sites for hydroxylation is 2. The smallest absolute Gasteiger partial charge is 0.210 e. The van der Waals surface area contributed by atoms with Crippen LogP contribution >= 0.6 is 22.7 Å². The average molecular weight is 343 g/mol. The van der Waals surface area contributed by atoms with Crippen LogP contribution in [-0.4, -0.2) is 14.8 Å². The first-order valence-corrected chi connectivity index (χ1v) is 8.13. The van der Waals surface area contributed by atoms with Gasteiger partial charge in [0.1, 0.15) is 0 Å². The van der Waals surface area contributed by atoms with E-state index in [-0.39, 0.29) is 7.43 Å². The molecule has 2 aromatic heterocycles. The van der Waals surface area contributed by atoms with Crippen LogP contribution in [0.25, 0.3) is 0 Å². The van der Waals surface area contributed by atoms with E-state index >= 15 is 0 Å². The predicted octanol–water partition coefficient (Wildman–Crippen LogP) is 2.50. The second-order valence-corrected chi connectivity index (χ2v) is 6.39. The Bertz CT molecular complexity index is 738. The van der Waals surface area contributed by atoms with Gasteiger partial charge in [-0.25, -0.2) is 0 Å². The van der Waals surface area contributed by atoms with Crippen molar-refractivity contribution in [1.29, 1.82) is 0 Å². The molecule has 0 aliphatic carbocycles. The first kappa shape index (κ1) is 20.3. The van der Waals surface area contributed by atoms with Crippen molar-refractivity contribution in [3.63, 3.8) is 0 Å². The summed E-state index contributed by atoms with van der Waals surface area (Å²) >= 11 is 3.15. The molecule has 0 bridgehead atoms. The molecule has 8 heteroatoms. The molecule has 2 rings (SSSR count). The Hall–Kier alpha value is -1.67. The van der Waals surface area contributed by atoms with Crippen LogP contribution in [-0.2, 0) is 14.1 Å². The Morgan fingerprint density at radius 3 is 1.73 bits per heavy atom. The van der Waals surface area contributed by atoms with Gasteiger partial charge in [-0.05, 0) is 27.7 Å². The molecule has 2 heterocycles. The number of rotatable bonds is 1.